The lowest BCUT2D eigenvalue weighted by Crippen LogP contribution is -2.13. The minimum Gasteiger partial charge on any atom is -0.493 e. The van der Waals surface area contributed by atoms with E-state index in [1.54, 1.807) is 18.2 Å². The summed E-state index contributed by atoms with van der Waals surface area (Å²) in [4.78, 5) is 12.2. The zero-order chi connectivity index (χ0) is 18.2. The first-order chi connectivity index (χ1) is 12.1. The summed E-state index contributed by atoms with van der Waals surface area (Å²) in [6.07, 6.45) is 0. The van der Waals surface area contributed by atoms with Gasteiger partial charge < -0.3 is 23.7 Å². The number of ether oxygens (including phenoxy) is 5. The van der Waals surface area contributed by atoms with E-state index in [-0.39, 0.29) is 18.8 Å². The predicted molar refractivity (Wildman–Crippen MR) is 93.3 cm³/mol. The SMILES string of the molecule is COc1cc(C(=O)OCCOc2ccccc2Cl)cc(OC)c1OC. The highest BCUT2D eigenvalue weighted by Crippen LogP contribution is 2.38. The highest BCUT2D eigenvalue weighted by Gasteiger charge is 2.17. The molecule has 2 aromatic rings. The second-order valence-corrected chi connectivity index (χ2v) is 5.24. The van der Waals surface area contributed by atoms with Crippen LogP contribution in [0.2, 0.25) is 5.02 Å². The summed E-state index contributed by atoms with van der Waals surface area (Å²) >= 11 is 5.98. The first-order valence-electron chi connectivity index (χ1n) is 7.45. The Morgan fingerprint density at radius 2 is 1.56 bits per heavy atom. The van der Waals surface area contributed by atoms with Crippen molar-refractivity contribution in [2.45, 2.75) is 0 Å². The average Bonchev–Trinajstić information content (AvgIpc) is 2.64. The summed E-state index contributed by atoms with van der Waals surface area (Å²) in [6.45, 7) is 0.251. The van der Waals surface area contributed by atoms with E-state index in [1.165, 1.54) is 33.5 Å². The molecule has 0 bridgehead atoms. The Balaban J connectivity index is 1.97. The number of para-hydroxylation sites is 1. The van der Waals surface area contributed by atoms with Crippen molar-refractivity contribution < 1.29 is 28.5 Å². The number of benzene rings is 2. The average molecular weight is 367 g/mol. The fraction of sp³-hybridized carbons (Fsp3) is 0.278. The van der Waals surface area contributed by atoms with Gasteiger partial charge in [-0.2, -0.15) is 0 Å². The van der Waals surface area contributed by atoms with Crippen molar-refractivity contribution in [2.75, 3.05) is 34.5 Å². The van der Waals surface area contributed by atoms with Crippen LogP contribution in [0.4, 0.5) is 0 Å². The minimum absolute atomic E-state index is 0.0702. The second-order valence-electron chi connectivity index (χ2n) is 4.83. The van der Waals surface area contributed by atoms with Crippen LogP contribution in [0.15, 0.2) is 36.4 Å². The van der Waals surface area contributed by atoms with Gasteiger partial charge in [0, 0.05) is 0 Å². The molecule has 0 saturated heterocycles. The maximum absolute atomic E-state index is 12.2. The van der Waals surface area contributed by atoms with Gasteiger partial charge in [0.25, 0.3) is 0 Å². The van der Waals surface area contributed by atoms with E-state index < -0.39 is 5.97 Å². The van der Waals surface area contributed by atoms with Crippen LogP contribution in [0.1, 0.15) is 10.4 Å². The van der Waals surface area contributed by atoms with Crippen molar-refractivity contribution in [3.63, 3.8) is 0 Å². The van der Waals surface area contributed by atoms with Crippen LogP contribution in [0.25, 0.3) is 0 Å². The molecule has 0 radical (unpaired) electrons. The van der Waals surface area contributed by atoms with Gasteiger partial charge in [0.15, 0.2) is 11.5 Å². The molecule has 0 heterocycles. The highest BCUT2D eigenvalue weighted by atomic mass is 35.5. The molecule has 134 valence electrons. The van der Waals surface area contributed by atoms with Crippen molar-refractivity contribution in [1.29, 1.82) is 0 Å². The number of carbonyl (C=O) groups is 1. The molecule has 0 aliphatic heterocycles. The van der Waals surface area contributed by atoms with Crippen LogP contribution in [0.3, 0.4) is 0 Å². The van der Waals surface area contributed by atoms with Crippen molar-refractivity contribution in [3.05, 3.63) is 47.0 Å². The van der Waals surface area contributed by atoms with E-state index in [0.717, 1.165) is 0 Å². The molecule has 0 aromatic heterocycles. The predicted octanol–water partition coefficient (Wildman–Crippen LogP) is 3.60. The molecule has 0 aliphatic carbocycles. The number of carbonyl (C=O) groups excluding carboxylic acids is 1. The van der Waals surface area contributed by atoms with Gasteiger partial charge in [-0.1, -0.05) is 23.7 Å². The zero-order valence-corrected chi connectivity index (χ0v) is 15.0. The molecule has 2 aromatic carbocycles. The molecule has 2 rings (SSSR count). The number of halogens is 1. The third-order valence-electron chi connectivity index (χ3n) is 3.31. The molecule has 0 aliphatic rings. The van der Waals surface area contributed by atoms with Crippen LogP contribution < -0.4 is 18.9 Å². The molecule has 0 N–H and O–H groups in total. The summed E-state index contributed by atoms with van der Waals surface area (Å²) in [6, 6.07) is 10.1. The van der Waals surface area contributed by atoms with E-state index in [9.17, 15) is 4.79 Å². The van der Waals surface area contributed by atoms with E-state index in [0.29, 0.717) is 28.0 Å². The molecular weight excluding hydrogens is 348 g/mol. The summed E-state index contributed by atoms with van der Waals surface area (Å²) < 4.78 is 26.3. The number of hydrogen-bond donors (Lipinski definition) is 0. The van der Waals surface area contributed by atoms with Gasteiger partial charge in [-0.15, -0.1) is 0 Å². The van der Waals surface area contributed by atoms with Gasteiger partial charge >= 0.3 is 5.97 Å². The molecule has 7 heteroatoms. The Labute approximate surface area is 151 Å². The van der Waals surface area contributed by atoms with E-state index >= 15 is 0 Å². The van der Waals surface area contributed by atoms with E-state index in [1.807, 2.05) is 6.07 Å². The van der Waals surface area contributed by atoms with Crippen LogP contribution in [0.5, 0.6) is 23.0 Å². The molecule has 0 unspecified atom stereocenters. The van der Waals surface area contributed by atoms with Gasteiger partial charge in [0.1, 0.15) is 19.0 Å². The monoisotopic (exact) mass is 366 g/mol. The molecular formula is C18H19ClO6. The number of esters is 1. The van der Waals surface area contributed by atoms with Gasteiger partial charge in [-0.05, 0) is 24.3 Å². The summed E-state index contributed by atoms with van der Waals surface area (Å²) in [7, 11) is 4.44. The van der Waals surface area contributed by atoms with Crippen molar-refractivity contribution in [3.8, 4) is 23.0 Å². The highest BCUT2D eigenvalue weighted by molar-refractivity contribution is 6.32. The Morgan fingerprint density at radius 1 is 0.920 bits per heavy atom. The molecule has 25 heavy (non-hydrogen) atoms. The maximum atomic E-state index is 12.2. The number of methoxy groups -OCH3 is 3. The molecule has 0 spiro atoms. The smallest absolute Gasteiger partial charge is 0.338 e. The largest absolute Gasteiger partial charge is 0.493 e. The van der Waals surface area contributed by atoms with E-state index in [4.69, 9.17) is 35.3 Å². The molecule has 0 amide bonds. The van der Waals surface area contributed by atoms with Gasteiger partial charge in [0.2, 0.25) is 5.75 Å². The van der Waals surface area contributed by atoms with Crippen LogP contribution in [0, 0.1) is 0 Å². The summed E-state index contributed by atoms with van der Waals surface area (Å²) in [5.41, 5.74) is 0.284. The van der Waals surface area contributed by atoms with Crippen LogP contribution in [-0.4, -0.2) is 40.5 Å². The third-order valence-corrected chi connectivity index (χ3v) is 3.62. The maximum Gasteiger partial charge on any atom is 0.338 e. The van der Waals surface area contributed by atoms with Crippen molar-refractivity contribution >= 4 is 17.6 Å². The first kappa shape index (κ1) is 18.7. The topological polar surface area (TPSA) is 63.2 Å². The Bertz CT molecular complexity index is 706. The van der Waals surface area contributed by atoms with Crippen LogP contribution in [-0.2, 0) is 4.74 Å². The normalized spacial score (nSPS) is 10.1. The number of rotatable bonds is 8. The summed E-state index contributed by atoms with van der Waals surface area (Å²) in [5.74, 6) is 1.17. The third kappa shape index (κ3) is 4.70. The Kier molecular flexibility index (Phi) is 6.77. The standard InChI is InChI=1S/C18H19ClO6/c1-21-15-10-12(11-16(22-2)17(15)23-3)18(20)25-9-8-24-14-7-5-4-6-13(14)19/h4-7,10-11H,8-9H2,1-3H3. The second kappa shape index (κ2) is 9.03. The zero-order valence-electron chi connectivity index (χ0n) is 14.2. The fourth-order valence-corrected chi connectivity index (χ4v) is 2.32. The lowest BCUT2D eigenvalue weighted by atomic mass is 10.2. The molecule has 6 nitrogen and oxygen atoms in total. The lowest BCUT2D eigenvalue weighted by molar-refractivity contribution is 0.0449. The quantitative estimate of drug-likeness (QED) is 0.525. The van der Waals surface area contributed by atoms with Gasteiger partial charge in [-0.3, -0.25) is 0 Å². The Hall–Kier alpha value is -2.60. The van der Waals surface area contributed by atoms with Crippen molar-refractivity contribution in [2.24, 2.45) is 0 Å². The lowest BCUT2D eigenvalue weighted by Gasteiger charge is -2.14. The van der Waals surface area contributed by atoms with Gasteiger partial charge in [0.05, 0.1) is 31.9 Å². The first-order valence-corrected chi connectivity index (χ1v) is 7.83. The Morgan fingerprint density at radius 3 is 2.12 bits per heavy atom. The molecule has 0 atom stereocenters. The minimum atomic E-state index is -0.526. The van der Waals surface area contributed by atoms with Crippen LogP contribution >= 0.6 is 11.6 Å². The van der Waals surface area contributed by atoms with Gasteiger partial charge in [-0.25, -0.2) is 4.79 Å². The summed E-state index contributed by atoms with van der Waals surface area (Å²) in [5, 5.41) is 0.499. The van der Waals surface area contributed by atoms with Crippen molar-refractivity contribution in [1.82, 2.24) is 0 Å². The molecule has 0 saturated carbocycles. The van der Waals surface area contributed by atoms with E-state index in [2.05, 4.69) is 0 Å². The molecule has 0 fully saturated rings. The fourth-order valence-electron chi connectivity index (χ4n) is 2.13. The number of hydrogen-bond acceptors (Lipinski definition) is 6.